The number of rotatable bonds is 6. The number of fused-ring (bicyclic) bond motifs is 1. The van der Waals surface area contributed by atoms with Crippen LogP contribution in [0.3, 0.4) is 0 Å². The standard InChI is InChI=1S/C18H25NO/c1-4-14(5-2)12-20-18-16(13(3)19)11-10-15-8-6-7-9-17(15)18/h6-11,13-14H,4-5,12,19H2,1-3H3/t13-/m0/s1. The number of nitrogens with two attached hydrogens (primary N) is 1. The summed E-state index contributed by atoms with van der Waals surface area (Å²) in [6.07, 6.45) is 2.30. The first-order valence-electron chi connectivity index (χ1n) is 7.57. The average Bonchev–Trinajstić information content (AvgIpc) is 2.47. The van der Waals surface area contributed by atoms with Crippen molar-refractivity contribution in [1.82, 2.24) is 0 Å². The van der Waals surface area contributed by atoms with Crippen molar-refractivity contribution in [2.45, 2.75) is 39.7 Å². The molecule has 0 radical (unpaired) electrons. The van der Waals surface area contributed by atoms with Crippen LogP contribution in [-0.2, 0) is 0 Å². The van der Waals surface area contributed by atoms with Crippen LogP contribution in [0.25, 0.3) is 10.8 Å². The SMILES string of the molecule is CCC(CC)COc1c([C@H](C)N)ccc2ccccc12. The number of ether oxygens (including phenoxy) is 1. The maximum Gasteiger partial charge on any atom is 0.131 e. The molecule has 0 aromatic heterocycles. The van der Waals surface area contributed by atoms with Crippen molar-refractivity contribution in [2.24, 2.45) is 11.7 Å². The molecule has 0 unspecified atom stereocenters. The lowest BCUT2D eigenvalue weighted by Crippen LogP contribution is -2.13. The molecule has 0 spiro atoms. The normalized spacial score (nSPS) is 12.8. The van der Waals surface area contributed by atoms with Gasteiger partial charge in [-0.25, -0.2) is 0 Å². The molecule has 0 aliphatic carbocycles. The minimum Gasteiger partial charge on any atom is -0.492 e. The Labute approximate surface area is 121 Å². The number of hydrogen-bond donors (Lipinski definition) is 1. The van der Waals surface area contributed by atoms with Gasteiger partial charge in [-0.2, -0.15) is 0 Å². The first kappa shape index (κ1) is 14.9. The van der Waals surface area contributed by atoms with E-state index < -0.39 is 0 Å². The topological polar surface area (TPSA) is 35.2 Å². The third-order valence-corrected chi connectivity index (χ3v) is 4.02. The summed E-state index contributed by atoms with van der Waals surface area (Å²) in [6, 6.07) is 12.5. The van der Waals surface area contributed by atoms with E-state index in [0.29, 0.717) is 5.92 Å². The van der Waals surface area contributed by atoms with E-state index in [-0.39, 0.29) is 6.04 Å². The van der Waals surface area contributed by atoms with Crippen LogP contribution in [0.4, 0.5) is 0 Å². The van der Waals surface area contributed by atoms with Gasteiger partial charge in [0.2, 0.25) is 0 Å². The zero-order valence-corrected chi connectivity index (χ0v) is 12.7. The van der Waals surface area contributed by atoms with Gasteiger partial charge in [-0.1, -0.05) is 63.1 Å². The lowest BCUT2D eigenvalue weighted by Gasteiger charge is -2.19. The Bertz CT molecular complexity index is 558. The van der Waals surface area contributed by atoms with Crippen LogP contribution >= 0.6 is 0 Å². The molecule has 0 aliphatic heterocycles. The van der Waals surface area contributed by atoms with Gasteiger partial charge in [0.05, 0.1) is 6.61 Å². The van der Waals surface area contributed by atoms with E-state index in [9.17, 15) is 0 Å². The summed E-state index contributed by atoms with van der Waals surface area (Å²) in [6.45, 7) is 7.20. The molecule has 108 valence electrons. The summed E-state index contributed by atoms with van der Waals surface area (Å²) in [5.74, 6) is 1.57. The molecular weight excluding hydrogens is 246 g/mol. The molecule has 0 aliphatic rings. The van der Waals surface area contributed by atoms with Crippen molar-refractivity contribution >= 4 is 10.8 Å². The van der Waals surface area contributed by atoms with Crippen molar-refractivity contribution < 1.29 is 4.74 Å². The third kappa shape index (κ3) is 3.13. The predicted octanol–water partition coefficient (Wildman–Crippen LogP) is 4.67. The molecule has 2 aromatic rings. The largest absolute Gasteiger partial charge is 0.492 e. The molecule has 20 heavy (non-hydrogen) atoms. The van der Waals surface area contributed by atoms with Gasteiger partial charge < -0.3 is 10.5 Å². The number of hydrogen-bond acceptors (Lipinski definition) is 2. The summed E-state index contributed by atoms with van der Waals surface area (Å²) in [4.78, 5) is 0. The van der Waals surface area contributed by atoms with Crippen molar-refractivity contribution in [1.29, 1.82) is 0 Å². The minimum atomic E-state index is -0.0173. The Hall–Kier alpha value is -1.54. The van der Waals surface area contributed by atoms with Crippen LogP contribution < -0.4 is 10.5 Å². The van der Waals surface area contributed by atoms with E-state index >= 15 is 0 Å². The van der Waals surface area contributed by atoms with Crippen molar-refractivity contribution in [2.75, 3.05) is 6.61 Å². The zero-order valence-electron chi connectivity index (χ0n) is 12.7. The zero-order chi connectivity index (χ0) is 14.5. The lowest BCUT2D eigenvalue weighted by molar-refractivity contribution is 0.240. The van der Waals surface area contributed by atoms with Crippen LogP contribution in [0.2, 0.25) is 0 Å². The van der Waals surface area contributed by atoms with E-state index in [1.54, 1.807) is 0 Å². The number of benzene rings is 2. The molecule has 0 saturated carbocycles. The Morgan fingerprint density at radius 2 is 1.75 bits per heavy atom. The summed E-state index contributed by atoms with van der Waals surface area (Å²) < 4.78 is 6.18. The second-order valence-electron chi connectivity index (χ2n) is 5.49. The molecule has 2 heteroatoms. The van der Waals surface area contributed by atoms with Gasteiger partial charge in [-0.05, 0) is 18.2 Å². The van der Waals surface area contributed by atoms with E-state index in [1.807, 2.05) is 6.92 Å². The Morgan fingerprint density at radius 3 is 2.40 bits per heavy atom. The minimum absolute atomic E-state index is 0.0173. The van der Waals surface area contributed by atoms with Gasteiger partial charge in [0.1, 0.15) is 5.75 Å². The first-order valence-corrected chi connectivity index (χ1v) is 7.57. The highest BCUT2D eigenvalue weighted by atomic mass is 16.5. The van der Waals surface area contributed by atoms with E-state index in [4.69, 9.17) is 10.5 Å². The fraction of sp³-hybridized carbons (Fsp3) is 0.444. The van der Waals surface area contributed by atoms with Crippen molar-refractivity contribution in [3.63, 3.8) is 0 Å². The van der Waals surface area contributed by atoms with Gasteiger partial charge >= 0.3 is 0 Å². The quantitative estimate of drug-likeness (QED) is 0.828. The van der Waals surface area contributed by atoms with E-state index in [2.05, 4.69) is 50.2 Å². The van der Waals surface area contributed by atoms with Gasteiger partial charge in [0, 0.05) is 17.0 Å². The van der Waals surface area contributed by atoms with Gasteiger partial charge in [-0.3, -0.25) is 0 Å². The highest BCUT2D eigenvalue weighted by Gasteiger charge is 2.13. The third-order valence-electron chi connectivity index (χ3n) is 4.02. The first-order chi connectivity index (χ1) is 9.67. The van der Waals surface area contributed by atoms with Crippen LogP contribution in [0.5, 0.6) is 5.75 Å². The maximum absolute atomic E-state index is 6.18. The summed E-state index contributed by atoms with van der Waals surface area (Å²) in [7, 11) is 0. The molecule has 0 fully saturated rings. The molecule has 2 rings (SSSR count). The van der Waals surface area contributed by atoms with Gasteiger partial charge in [0.15, 0.2) is 0 Å². The molecule has 2 aromatic carbocycles. The highest BCUT2D eigenvalue weighted by Crippen LogP contribution is 2.33. The molecule has 0 bridgehead atoms. The summed E-state index contributed by atoms with van der Waals surface area (Å²) in [5.41, 5.74) is 7.19. The van der Waals surface area contributed by atoms with Gasteiger partial charge in [0.25, 0.3) is 0 Å². The lowest BCUT2D eigenvalue weighted by atomic mass is 10.0. The van der Waals surface area contributed by atoms with Crippen molar-refractivity contribution in [3.05, 3.63) is 42.0 Å². The fourth-order valence-electron chi connectivity index (χ4n) is 2.51. The molecule has 0 heterocycles. The molecule has 2 N–H and O–H groups in total. The van der Waals surface area contributed by atoms with E-state index in [1.165, 1.54) is 5.39 Å². The molecule has 2 nitrogen and oxygen atoms in total. The Balaban J connectivity index is 2.39. The highest BCUT2D eigenvalue weighted by molar-refractivity contribution is 5.89. The maximum atomic E-state index is 6.18. The van der Waals surface area contributed by atoms with Crippen LogP contribution in [0.1, 0.15) is 45.2 Å². The van der Waals surface area contributed by atoms with Crippen molar-refractivity contribution in [3.8, 4) is 5.75 Å². The molecule has 0 amide bonds. The average molecular weight is 271 g/mol. The fourth-order valence-corrected chi connectivity index (χ4v) is 2.51. The molecule has 1 atom stereocenters. The van der Waals surface area contributed by atoms with E-state index in [0.717, 1.165) is 36.1 Å². The monoisotopic (exact) mass is 271 g/mol. The summed E-state index contributed by atoms with van der Waals surface area (Å²) >= 11 is 0. The Morgan fingerprint density at radius 1 is 1.05 bits per heavy atom. The van der Waals surface area contributed by atoms with Crippen LogP contribution in [0.15, 0.2) is 36.4 Å². The van der Waals surface area contributed by atoms with Crippen LogP contribution in [0, 0.1) is 5.92 Å². The molecular formula is C18H25NO. The second-order valence-corrected chi connectivity index (χ2v) is 5.49. The second kappa shape index (κ2) is 6.76. The summed E-state index contributed by atoms with van der Waals surface area (Å²) in [5, 5.41) is 2.37. The van der Waals surface area contributed by atoms with Crippen LogP contribution in [-0.4, -0.2) is 6.61 Å². The predicted molar refractivity (Wildman–Crippen MR) is 86.1 cm³/mol. The Kier molecular flexibility index (Phi) is 5.02. The molecule has 0 saturated heterocycles. The smallest absolute Gasteiger partial charge is 0.131 e. The van der Waals surface area contributed by atoms with Gasteiger partial charge in [-0.15, -0.1) is 0 Å².